The molecule has 1 aromatic carbocycles. The largest absolute Gasteiger partial charge is 0.506 e. The minimum atomic E-state index is -3.75. The molecule has 0 radical (unpaired) electrons. The summed E-state index contributed by atoms with van der Waals surface area (Å²) in [6.07, 6.45) is 2.94. The molecule has 0 aliphatic carbocycles. The van der Waals surface area contributed by atoms with Crippen molar-refractivity contribution in [2.45, 2.75) is 63.6 Å². The number of likely N-dealkylation sites (tertiary alicyclic amines) is 1. The zero-order chi connectivity index (χ0) is 21.5. The lowest BCUT2D eigenvalue weighted by atomic mass is 10.1. The van der Waals surface area contributed by atoms with Gasteiger partial charge in [0.15, 0.2) is 5.06 Å². The number of hydrogen-bond acceptors (Lipinski definition) is 6. The second-order valence-corrected chi connectivity index (χ2v) is 11.5. The molecule has 8 heteroatoms. The molecule has 0 spiro atoms. The summed E-state index contributed by atoms with van der Waals surface area (Å²) < 4.78 is 33.9. The highest BCUT2D eigenvalue weighted by atomic mass is 32.2. The molecule has 30 heavy (non-hydrogen) atoms. The van der Waals surface area contributed by atoms with Gasteiger partial charge in [0, 0.05) is 37.1 Å². The smallest absolute Gasteiger partial charge is 0.247 e. The lowest BCUT2D eigenvalue weighted by Crippen LogP contribution is -2.41. The summed E-state index contributed by atoms with van der Waals surface area (Å²) in [6, 6.07) is 7.42. The van der Waals surface area contributed by atoms with Crippen molar-refractivity contribution in [3.8, 4) is 10.8 Å². The fourth-order valence-corrected chi connectivity index (χ4v) is 6.85. The molecule has 0 unspecified atom stereocenters. The van der Waals surface area contributed by atoms with Gasteiger partial charge in [-0.25, -0.2) is 8.42 Å². The van der Waals surface area contributed by atoms with E-state index in [4.69, 9.17) is 4.74 Å². The van der Waals surface area contributed by atoms with Crippen molar-refractivity contribution in [1.29, 1.82) is 0 Å². The first kappa shape index (κ1) is 21.6. The molecule has 4 rings (SSSR count). The van der Waals surface area contributed by atoms with E-state index in [1.54, 1.807) is 30.4 Å². The van der Waals surface area contributed by atoms with Crippen molar-refractivity contribution >= 4 is 21.4 Å². The number of sulfonamides is 1. The van der Waals surface area contributed by atoms with E-state index in [9.17, 15) is 13.5 Å². The van der Waals surface area contributed by atoms with E-state index in [-0.39, 0.29) is 16.7 Å². The molecule has 0 bridgehead atoms. The van der Waals surface area contributed by atoms with E-state index >= 15 is 0 Å². The molecule has 2 aromatic rings. The Bertz CT molecular complexity index is 1010. The Balaban J connectivity index is 1.45. The molecule has 1 saturated heterocycles. The summed E-state index contributed by atoms with van der Waals surface area (Å²) >= 11 is 1.64. The van der Waals surface area contributed by atoms with Crippen molar-refractivity contribution < 1.29 is 18.3 Å². The SMILES string of the molecule is Cc1cccc(S(=O)(=O)N2CCc3sc(OC4CCN(C(C)C)CC4)cc3C2)c1O. The van der Waals surface area contributed by atoms with Gasteiger partial charge in [-0.15, -0.1) is 11.3 Å². The van der Waals surface area contributed by atoms with E-state index in [0.717, 1.165) is 36.6 Å². The summed E-state index contributed by atoms with van der Waals surface area (Å²) in [5.74, 6) is -0.162. The summed E-state index contributed by atoms with van der Waals surface area (Å²) in [7, 11) is -3.75. The number of thiophene rings is 1. The molecule has 1 aromatic heterocycles. The summed E-state index contributed by atoms with van der Waals surface area (Å²) in [5, 5.41) is 11.2. The standard InChI is InChI=1S/C22H30N2O4S2/c1-15(2)23-10-7-18(8-11-23)28-21-13-17-14-24(12-9-19(17)29-21)30(26,27)20-6-4-5-16(3)22(20)25/h4-6,13,15,18,25H,7-12,14H2,1-3H3. The van der Waals surface area contributed by atoms with E-state index in [0.29, 0.717) is 31.1 Å². The Morgan fingerprint density at radius 3 is 2.63 bits per heavy atom. The first-order valence-electron chi connectivity index (χ1n) is 10.6. The normalized spacial score (nSPS) is 19.2. The zero-order valence-electron chi connectivity index (χ0n) is 17.8. The summed E-state index contributed by atoms with van der Waals surface area (Å²) in [5.41, 5.74) is 1.57. The van der Waals surface area contributed by atoms with Crippen LogP contribution in [0, 0.1) is 6.92 Å². The zero-order valence-corrected chi connectivity index (χ0v) is 19.4. The van der Waals surface area contributed by atoms with Crippen LogP contribution in [0.25, 0.3) is 0 Å². The van der Waals surface area contributed by atoms with Crippen LogP contribution in [0.1, 0.15) is 42.7 Å². The molecule has 2 aliphatic heterocycles. The van der Waals surface area contributed by atoms with Crippen LogP contribution in [0.3, 0.4) is 0 Å². The van der Waals surface area contributed by atoms with Gasteiger partial charge < -0.3 is 14.7 Å². The minimum Gasteiger partial charge on any atom is -0.506 e. The van der Waals surface area contributed by atoms with Gasteiger partial charge in [-0.2, -0.15) is 4.31 Å². The van der Waals surface area contributed by atoms with Crippen LogP contribution < -0.4 is 4.74 Å². The van der Waals surface area contributed by atoms with Crippen LogP contribution in [0.5, 0.6) is 10.8 Å². The third-order valence-electron chi connectivity index (χ3n) is 6.12. The topological polar surface area (TPSA) is 70.1 Å². The third-order valence-corrected chi connectivity index (χ3v) is 9.12. The maximum absolute atomic E-state index is 13.1. The van der Waals surface area contributed by atoms with Gasteiger partial charge in [-0.05, 0) is 63.3 Å². The monoisotopic (exact) mass is 450 g/mol. The molecule has 0 saturated carbocycles. The van der Waals surface area contributed by atoms with E-state index < -0.39 is 10.0 Å². The van der Waals surface area contributed by atoms with Crippen LogP contribution in [-0.2, 0) is 23.0 Å². The van der Waals surface area contributed by atoms with Crippen LogP contribution in [0.4, 0.5) is 0 Å². The predicted molar refractivity (Wildman–Crippen MR) is 119 cm³/mol. The molecule has 1 fully saturated rings. The fourth-order valence-electron chi connectivity index (χ4n) is 4.20. The summed E-state index contributed by atoms with van der Waals surface area (Å²) in [6.45, 7) is 9.00. The van der Waals surface area contributed by atoms with Gasteiger partial charge in [0.25, 0.3) is 0 Å². The summed E-state index contributed by atoms with van der Waals surface area (Å²) in [4.78, 5) is 3.65. The minimum absolute atomic E-state index is 0.0189. The Hall–Kier alpha value is -1.61. The number of nitrogens with zero attached hydrogens (tertiary/aromatic N) is 2. The second-order valence-electron chi connectivity index (χ2n) is 8.47. The quantitative estimate of drug-likeness (QED) is 0.751. The molecule has 2 aliphatic rings. The maximum atomic E-state index is 13.1. The molecule has 0 atom stereocenters. The second kappa shape index (κ2) is 8.49. The highest BCUT2D eigenvalue weighted by Crippen LogP contribution is 2.37. The van der Waals surface area contributed by atoms with Gasteiger partial charge in [-0.1, -0.05) is 12.1 Å². The molecule has 1 N–H and O–H groups in total. The Morgan fingerprint density at radius 2 is 1.93 bits per heavy atom. The molecule has 164 valence electrons. The first-order chi connectivity index (χ1) is 14.3. The number of benzene rings is 1. The molecular formula is C22H30N2O4S2. The number of phenolic OH excluding ortho intramolecular Hbond substituents is 1. The molecule has 0 amide bonds. The van der Waals surface area contributed by atoms with Gasteiger partial charge in [0.2, 0.25) is 10.0 Å². The Kier molecular flexibility index (Phi) is 6.12. The number of para-hydroxylation sites is 1. The number of aryl methyl sites for hydroxylation is 1. The average Bonchev–Trinajstić information content (AvgIpc) is 3.11. The number of fused-ring (bicyclic) bond motifs is 1. The molecule has 3 heterocycles. The number of rotatable bonds is 5. The Morgan fingerprint density at radius 1 is 1.20 bits per heavy atom. The van der Waals surface area contributed by atoms with Crippen LogP contribution in [0.15, 0.2) is 29.2 Å². The van der Waals surface area contributed by atoms with E-state index in [1.807, 2.05) is 6.07 Å². The third kappa shape index (κ3) is 4.23. The highest BCUT2D eigenvalue weighted by Gasteiger charge is 2.32. The average molecular weight is 451 g/mol. The lowest BCUT2D eigenvalue weighted by molar-refractivity contribution is 0.0867. The highest BCUT2D eigenvalue weighted by molar-refractivity contribution is 7.89. The van der Waals surface area contributed by atoms with Crippen molar-refractivity contribution in [2.24, 2.45) is 0 Å². The predicted octanol–water partition coefficient (Wildman–Crippen LogP) is 3.76. The van der Waals surface area contributed by atoms with Gasteiger partial charge in [-0.3, -0.25) is 0 Å². The van der Waals surface area contributed by atoms with Gasteiger partial charge in [0.05, 0.1) is 0 Å². The van der Waals surface area contributed by atoms with E-state index in [1.165, 1.54) is 15.2 Å². The van der Waals surface area contributed by atoms with E-state index in [2.05, 4.69) is 18.7 Å². The lowest BCUT2D eigenvalue weighted by Gasteiger charge is -2.34. The Labute approximate surface area is 183 Å². The number of hydrogen-bond donors (Lipinski definition) is 1. The fraction of sp³-hybridized carbons (Fsp3) is 0.545. The van der Waals surface area contributed by atoms with Crippen molar-refractivity contribution in [2.75, 3.05) is 19.6 Å². The van der Waals surface area contributed by atoms with Gasteiger partial charge in [0.1, 0.15) is 16.7 Å². The number of aromatic hydroxyl groups is 1. The number of piperidine rings is 1. The number of phenols is 1. The van der Waals surface area contributed by atoms with Crippen molar-refractivity contribution in [3.05, 3.63) is 40.3 Å². The van der Waals surface area contributed by atoms with Crippen molar-refractivity contribution in [1.82, 2.24) is 9.21 Å². The van der Waals surface area contributed by atoms with Crippen LogP contribution in [-0.4, -0.2) is 54.5 Å². The van der Waals surface area contributed by atoms with Gasteiger partial charge >= 0.3 is 0 Å². The van der Waals surface area contributed by atoms with Crippen molar-refractivity contribution in [3.63, 3.8) is 0 Å². The van der Waals surface area contributed by atoms with Crippen LogP contribution >= 0.6 is 11.3 Å². The van der Waals surface area contributed by atoms with Crippen LogP contribution in [0.2, 0.25) is 0 Å². The first-order valence-corrected chi connectivity index (χ1v) is 12.8. The molecule has 6 nitrogen and oxygen atoms in total. The maximum Gasteiger partial charge on any atom is 0.247 e. The molecular weight excluding hydrogens is 420 g/mol. The number of ether oxygens (including phenoxy) is 1.